The maximum atomic E-state index is 11.4. The van der Waals surface area contributed by atoms with Crippen LogP contribution in [0.5, 0.6) is 5.75 Å². The molecule has 94 valence electrons. The SMILES string of the molecule is CC(C)(C1=CCCC(=O)C=C1)c1ccc(O)cc1. The monoisotopic (exact) mass is 242 g/mol. The molecule has 0 saturated heterocycles. The molecule has 2 heteroatoms. The molecule has 1 aromatic rings. The van der Waals surface area contributed by atoms with Crippen molar-refractivity contribution in [1.29, 1.82) is 0 Å². The zero-order valence-electron chi connectivity index (χ0n) is 10.8. The summed E-state index contributed by atoms with van der Waals surface area (Å²) < 4.78 is 0. The number of hydrogen-bond donors (Lipinski definition) is 1. The lowest BCUT2D eigenvalue weighted by molar-refractivity contribution is -0.114. The molecule has 18 heavy (non-hydrogen) atoms. The minimum Gasteiger partial charge on any atom is -0.508 e. The van der Waals surface area contributed by atoms with Gasteiger partial charge in [0.2, 0.25) is 0 Å². The highest BCUT2D eigenvalue weighted by molar-refractivity contribution is 5.90. The Bertz CT molecular complexity index is 504. The summed E-state index contributed by atoms with van der Waals surface area (Å²) in [4.78, 5) is 11.4. The van der Waals surface area contributed by atoms with Crippen LogP contribution in [0.4, 0.5) is 0 Å². The molecule has 2 nitrogen and oxygen atoms in total. The Morgan fingerprint density at radius 2 is 1.78 bits per heavy atom. The van der Waals surface area contributed by atoms with Crippen molar-refractivity contribution in [2.24, 2.45) is 0 Å². The van der Waals surface area contributed by atoms with Gasteiger partial charge in [-0.3, -0.25) is 4.79 Å². The Morgan fingerprint density at radius 1 is 1.11 bits per heavy atom. The summed E-state index contributed by atoms with van der Waals surface area (Å²) in [5, 5.41) is 9.34. The van der Waals surface area contributed by atoms with Crippen molar-refractivity contribution in [3.05, 3.63) is 53.6 Å². The minimum atomic E-state index is -0.158. The molecule has 0 aliphatic heterocycles. The lowest BCUT2D eigenvalue weighted by Crippen LogP contribution is -2.19. The molecular weight excluding hydrogens is 224 g/mol. The summed E-state index contributed by atoms with van der Waals surface area (Å²) in [7, 11) is 0. The number of phenolic OH excluding ortho intramolecular Hbond substituents is 1. The zero-order chi connectivity index (χ0) is 13.2. The van der Waals surface area contributed by atoms with E-state index in [0.29, 0.717) is 6.42 Å². The van der Waals surface area contributed by atoms with Crippen molar-refractivity contribution >= 4 is 5.78 Å². The highest BCUT2D eigenvalue weighted by Crippen LogP contribution is 2.34. The fraction of sp³-hybridized carbons (Fsp3) is 0.312. The van der Waals surface area contributed by atoms with Crippen LogP contribution in [0.2, 0.25) is 0 Å². The number of ketones is 1. The van der Waals surface area contributed by atoms with Crippen LogP contribution < -0.4 is 0 Å². The molecule has 0 heterocycles. The van der Waals surface area contributed by atoms with Gasteiger partial charge in [-0.05, 0) is 35.8 Å². The molecular formula is C16H18O2. The molecule has 1 aliphatic carbocycles. The van der Waals surface area contributed by atoms with E-state index in [0.717, 1.165) is 17.6 Å². The third-order valence-corrected chi connectivity index (χ3v) is 3.51. The Balaban J connectivity index is 2.35. The molecule has 0 atom stereocenters. The van der Waals surface area contributed by atoms with Gasteiger partial charge in [0.15, 0.2) is 5.78 Å². The number of benzene rings is 1. The zero-order valence-corrected chi connectivity index (χ0v) is 10.8. The van der Waals surface area contributed by atoms with E-state index < -0.39 is 0 Å². The van der Waals surface area contributed by atoms with Crippen LogP contribution >= 0.6 is 0 Å². The Labute approximate surface area is 108 Å². The summed E-state index contributed by atoms with van der Waals surface area (Å²) in [6, 6.07) is 7.25. The number of phenols is 1. The second-order valence-corrected chi connectivity index (χ2v) is 5.17. The van der Waals surface area contributed by atoms with Gasteiger partial charge in [0, 0.05) is 11.8 Å². The maximum Gasteiger partial charge on any atom is 0.156 e. The predicted molar refractivity (Wildman–Crippen MR) is 72.6 cm³/mol. The molecule has 0 bridgehead atoms. The van der Waals surface area contributed by atoms with Gasteiger partial charge >= 0.3 is 0 Å². The van der Waals surface area contributed by atoms with Gasteiger partial charge in [0.05, 0.1) is 0 Å². The van der Waals surface area contributed by atoms with Gasteiger partial charge in [-0.1, -0.05) is 38.1 Å². The van der Waals surface area contributed by atoms with E-state index >= 15 is 0 Å². The highest BCUT2D eigenvalue weighted by atomic mass is 16.3. The van der Waals surface area contributed by atoms with E-state index in [1.54, 1.807) is 18.2 Å². The first kappa shape index (κ1) is 12.6. The molecule has 0 amide bonds. The first-order valence-corrected chi connectivity index (χ1v) is 6.21. The molecule has 0 fully saturated rings. The third kappa shape index (κ3) is 2.53. The van der Waals surface area contributed by atoms with Crippen LogP contribution in [0.25, 0.3) is 0 Å². The molecule has 0 unspecified atom stereocenters. The number of carbonyl (C=O) groups excluding carboxylic acids is 1. The van der Waals surface area contributed by atoms with E-state index in [2.05, 4.69) is 19.9 Å². The third-order valence-electron chi connectivity index (χ3n) is 3.51. The van der Waals surface area contributed by atoms with Crippen molar-refractivity contribution in [3.63, 3.8) is 0 Å². The fourth-order valence-electron chi connectivity index (χ4n) is 2.21. The summed E-state index contributed by atoms with van der Waals surface area (Å²) in [6.07, 6.45) is 7.10. The standard InChI is InChI=1S/C16H18O2/c1-16(2,13-7-10-15(18)11-8-13)12-4-3-5-14(17)9-6-12/h4,6-11,18H,3,5H2,1-2H3. The van der Waals surface area contributed by atoms with Gasteiger partial charge in [-0.25, -0.2) is 0 Å². The van der Waals surface area contributed by atoms with Gasteiger partial charge in [0.25, 0.3) is 0 Å². The van der Waals surface area contributed by atoms with E-state index in [1.165, 1.54) is 0 Å². The summed E-state index contributed by atoms with van der Waals surface area (Å²) in [5.74, 6) is 0.456. The second kappa shape index (κ2) is 4.81. The number of rotatable bonds is 2. The topological polar surface area (TPSA) is 37.3 Å². The summed E-state index contributed by atoms with van der Waals surface area (Å²) in [6.45, 7) is 4.26. The number of allylic oxidation sites excluding steroid dienone is 4. The predicted octanol–water partition coefficient (Wildman–Crippen LogP) is 3.52. The molecule has 1 aliphatic rings. The molecule has 0 aromatic heterocycles. The molecule has 0 radical (unpaired) electrons. The quantitative estimate of drug-likeness (QED) is 0.861. The average Bonchev–Trinajstić information content (AvgIpc) is 2.55. The second-order valence-electron chi connectivity index (χ2n) is 5.17. The van der Waals surface area contributed by atoms with Crippen LogP contribution in [-0.2, 0) is 10.2 Å². The minimum absolute atomic E-state index is 0.158. The number of hydrogen-bond acceptors (Lipinski definition) is 2. The van der Waals surface area contributed by atoms with Crippen molar-refractivity contribution in [2.75, 3.05) is 0 Å². The molecule has 1 N–H and O–H groups in total. The normalized spacial score (nSPS) is 16.3. The lowest BCUT2D eigenvalue weighted by atomic mass is 9.77. The van der Waals surface area contributed by atoms with Crippen molar-refractivity contribution < 1.29 is 9.90 Å². The van der Waals surface area contributed by atoms with Crippen molar-refractivity contribution in [1.82, 2.24) is 0 Å². The van der Waals surface area contributed by atoms with Gasteiger partial charge < -0.3 is 5.11 Å². The molecule has 0 spiro atoms. The number of aromatic hydroxyl groups is 1. The van der Waals surface area contributed by atoms with E-state index in [1.807, 2.05) is 18.2 Å². The van der Waals surface area contributed by atoms with Crippen LogP contribution in [0, 0.1) is 0 Å². The van der Waals surface area contributed by atoms with E-state index in [-0.39, 0.29) is 16.9 Å². The first-order chi connectivity index (χ1) is 8.50. The van der Waals surface area contributed by atoms with Crippen LogP contribution in [0.3, 0.4) is 0 Å². The largest absolute Gasteiger partial charge is 0.508 e. The van der Waals surface area contributed by atoms with Gasteiger partial charge in [-0.15, -0.1) is 0 Å². The van der Waals surface area contributed by atoms with Crippen molar-refractivity contribution in [2.45, 2.75) is 32.1 Å². The fourth-order valence-corrected chi connectivity index (χ4v) is 2.21. The van der Waals surface area contributed by atoms with E-state index in [9.17, 15) is 9.90 Å². The number of carbonyl (C=O) groups is 1. The highest BCUT2D eigenvalue weighted by Gasteiger charge is 2.24. The summed E-state index contributed by atoms with van der Waals surface area (Å²) >= 11 is 0. The van der Waals surface area contributed by atoms with Crippen LogP contribution in [0.15, 0.2) is 48.1 Å². The summed E-state index contributed by atoms with van der Waals surface area (Å²) in [5.41, 5.74) is 2.12. The lowest BCUT2D eigenvalue weighted by Gasteiger charge is -2.27. The molecule has 2 rings (SSSR count). The van der Waals surface area contributed by atoms with Gasteiger partial charge in [0.1, 0.15) is 5.75 Å². The Morgan fingerprint density at radius 3 is 2.44 bits per heavy atom. The Hall–Kier alpha value is -1.83. The van der Waals surface area contributed by atoms with Crippen LogP contribution in [0.1, 0.15) is 32.3 Å². The van der Waals surface area contributed by atoms with Crippen LogP contribution in [-0.4, -0.2) is 10.9 Å². The molecule has 1 aromatic carbocycles. The molecule has 0 saturated carbocycles. The van der Waals surface area contributed by atoms with E-state index in [4.69, 9.17) is 0 Å². The maximum absolute atomic E-state index is 11.4. The van der Waals surface area contributed by atoms with Gasteiger partial charge in [-0.2, -0.15) is 0 Å². The van der Waals surface area contributed by atoms with Crippen molar-refractivity contribution in [3.8, 4) is 5.75 Å². The first-order valence-electron chi connectivity index (χ1n) is 6.21. The average molecular weight is 242 g/mol. The Kier molecular flexibility index (Phi) is 3.37. The smallest absolute Gasteiger partial charge is 0.156 e.